The van der Waals surface area contributed by atoms with Crippen molar-refractivity contribution in [3.05, 3.63) is 34.9 Å². The number of piperidine rings is 1. The highest BCUT2D eigenvalue weighted by Gasteiger charge is 2.26. The predicted octanol–water partition coefficient (Wildman–Crippen LogP) is 2.72. The van der Waals surface area contributed by atoms with Crippen LogP contribution in [0.25, 0.3) is 0 Å². The molecular weight excluding hydrogens is 222 g/mol. The van der Waals surface area contributed by atoms with Crippen LogP contribution in [0.2, 0.25) is 0 Å². The van der Waals surface area contributed by atoms with Gasteiger partial charge in [-0.2, -0.15) is 0 Å². The minimum atomic E-state index is 0.275. The van der Waals surface area contributed by atoms with Crippen LogP contribution in [0.1, 0.15) is 35.4 Å². The van der Waals surface area contributed by atoms with Gasteiger partial charge in [-0.1, -0.05) is 18.2 Å². The Morgan fingerprint density at radius 1 is 1.22 bits per heavy atom. The molecule has 0 spiro atoms. The minimum Gasteiger partial charge on any atom is -0.396 e. The summed E-state index contributed by atoms with van der Waals surface area (Å²) in [7, 11) is 2.18. The number of benzene rings is 1. The first kappa shape index (κ1) is 13.6. The molecule has 2 heteroatoms. The van der Waals surface area contributed by atoms with Crippen molar-refractivity contribution in [3.8, 4) is 0 Å². The number of nitrogens with zero attached hydrogens (tertiary/aromatic N) is 1. The number of hydrogen-bond donors (Lipinski definition) is 1. The fourth-order valence-electron chi connectivity index (χ4n) is 2.95. The van der Waals surface area contributed by atoms with E-state index in [-0.39, 0.29) is 6.61 Å². The molecule has 2 nitrogen and oxygen atoms in total. The molecule has 18 heavy (non-hydrogen) atoms. The molecule has 100 valence electrons. The van der Waals surface area contributed by atoms with Gasteiger partial charge < -0.3 is 10.0 Å². The monoisotopic (exact) mass is 247 g/mol. The van der Waals surface area contributed by atoms with Crippen molar-refractivity contribution in [1.29, 1.82) is 0 Å². The zero-order valence-electron chi connectivity index (χ0n) is 11.8. The Hall–Kier alpha value is -0.860. The Balaban J connectivity index is 2.14. The van der Waals surface area contributed by atoms with E-state index in [0.29, 0.717) is 11.8 Å². The van der Waals surface area contributed by atoms with Crippen LogP contribution in [0.3, 0.4) is 0 Å². The zero-order valence-corrected chi connectivity index (χ0v) is 11.8. The fourth-order valence-corrected chi connectivity index (χ4v) is 2.95. The summed E-state index contributed by atoms with van der Waals surface area (Å²) >= 11 is 0. The van der Waals surface area contributed by atoms with Crippen LogP contribution in [-0.2, 0) is 0 Å². The molecule has 1 aromatic carbocycles. The minimum absolute atomic E-state index is 0.275. The van der Waals surface area contributed by atoms with Gasteiger partial charge in [-0.05, 0) is 69.4 Å². The van der Waals surface area contributed by atoms with Gasteiger partial charge in [-0.3, -0.25) is 0 Å². The van der Waals surface area contributed by atoms with E-state index >= 15 is 0 Å². The zero-order chi connectivity index (χ0) is 13.1. The Labute approximate surface area is 111 Å². The summed E-state index contributed by atoms with van der Waals surface area (Å²) in [5.74, 6) is 0.950. The van der Waals surface area contributed by atoms with Gasteiger partial charge in [-0.15, -0.1) is 0 Å². The second-order valence-corrected chi connectivity index (χ2v) is 5.77. The van der Waals surface area contributed by atoms with Gasteiger partial charge in [0.25, 0.3) is 0 Å². The highest BCUT2D eigenvalue weighted by atomic mass is 16.3. The Morgan fingerprint density at radius 3 is 2.44 bits per heavy atom. The summed E-state index contributed by atoms with van der Waals surface area (Å²) in [6.07, 6.45) is 2.41. The number of aliphatic hydroxyl groups is 1. The molecule has 0 amide bonds. The Bertz CT molecular complexity index is 394. The molecule has 0 bridgehead atoms. The lowest BCUT2D eigenvalue weighted by Crippen LogP contribution is -2.33. The second kappa shape index (κ2) is 5.85. The van der Waals surface area contributed by atoms with Gasteiger partial charge in [-0.25, -0.2) is 0 Å². The molecule has 0 aromatic heterocycles. The second-order valence-electron chi connectivity index (χ2n) is 5.77. The van der Waals surface area contributed by atoms with E-state index in [0.717, 1.165) is 13.1 Å². The van der Waals surface area contributed by atoms with Gasteiger partial charge in [0, 0.05) is 5.92 Å². The summed E-state index contributed by atoms with van der Waals surface area (Å²) in [6, 6.07) is 6.64. The van der Waals surface area contributed by atoms with E-state index in [1.54, 1.807) is 0 Å². The lowest BCUT2D eigenvalue weighted by atomic mass is 9.80. The first-order chi connectivity index (χ1) is 8.61. The largest absolute Gasteiger partial charge is 0.396 e. The summed E-state index contributed by atoms with van der Waals surface area (Å²) in [4.78, 5) is 2.38. The lowest BCUT2D eigenvalue weighted by molar-refractivity contribution is 0.156. The SMILES string of the molecule is Cc1ccc(C(CO)C2CCN(C)CC2)cc1C. The Kier molecular flexibility index (Phi) is 4.41. The summed E-state index contributed by atoms with van der Waals surface area (Å²) in [5.41, 5.74) is 3.98. The standard InChI is InChI=1S/C16H25NO/c1-12-4-5-15(10-13(12)2)16(11-18)14-6-8-17(3)9-7-14/h4-5,10,14,16,18H,6-9,11H2,1-3H3. The topological polar surface area (TPSA) is 23.5 Å². The van der Waals surface area contributed by atoms with Crippen LogP contribution in [0.4, 0.5) is 0 Å². The molecule has 1 saturated heterocycles. The number of hydrogen-bond acceptors (Lipinski definition) is 2. The van der Waals surface area contributed by atoms with Gasteiger partial charge in [0.2, 0.25) is 0 Å². The van der Waals surface area contributed by atoms with E-state index in [1.165, 1.54) is 29.5 Å². The van der Waals surface area contributed by atoms with E-state index in [9.17, 15) is 5.11 Å². The molecule has 1 heterocycles. The van der Waals surface area contributed by atoms with Crippen LogP contribution in [0.15, 0.2) is 18.2 Å². The van der Waals surface area contributed by atoms with Crippen LogP contribution in [0, 0.1) is 19.8 Å². The van der Waals surface area contributed by atoms with Gasteiger partial charge in [0.05, 0.1) is 6.61 Å². The van der Waals surface area contributed by atoms with Crippen molar-refractivity contribution in [3.63, 3.8) is 0 Å². The maximum absolute atomic E-state index is 9.74. The maximum Gasteiger partial charge on any atom is 0.0502 e. The van der Waals surface area contributed by atoms with Crippen molar-refractivity contribution >= 4 is 0 Å². The predicted molar refractivity (Wildman–Crippen MR) is 76.0 cm³/mol. The lowest BCUT2D eigenvalue weighted by Gasteiger charge is -2.34. The van der Waals surface area contributed by atoms with E-state index in [1.807, 2.05) is 0 Å². The normalized spacial score (nSPS) is 20.0. The fraction of sp³-hybridized carbons (Fsp3) is 0.625. The Morgan fingerprint density at radius 2 is 1.89 bits per heavy atom. The molecule has 2 rings (SSSR count). The van der Waals surface area contributed by atoms with Crippen LogP contribution in [-0.4, -0.2) is 36.8 Å². The summed E-state index contributed by atoms with van der Waals surface area (Å²) < 4.78 is 0. The molecule has 1 aliphatic heterocycles. The number of aliphatic hydroxyl groups excluding tert-OH is 1. The van der Waals surface area contributed by atoms with Crippen LogP contribution < -0.4 is 0 Å². The smallest absolute Gasteiger partial charge is 0.0502 e. The van der Waals surface area contributed by atoms with Crippen molar-refractivity contribution < 1.29 is 5.11 Å². The molecule has 0 saturated carbocycles. The maximum atomic E-state index is 9.74. The molecular formula is C16H25NO. The molecule has 0 aliphatic carbocycles. The van der Waals surface area contributed by atoms with Crippen molar-refractivity contribution in [2.75, 3.05) is 26.7 Å². The average molecular weight is 247 g/mol. The third-order valence-electron chi connectivity index (χ3n) is 4.49. The highest BCUT2D eigenvalue weighted by Crippen LogP contribution is 2.32. The molecule has 1 fully saturated rings. The van der Waals surface area contributed by atoms with Gasteiger partial charge in [0.15, 0.2) is 0 Å². The number of likely N-dealkylation sites (tertiary alicyclic amines) is 1. The quantitative estimate of drug-likeness (QED) is 0.888. The van der Waals surface area contributed by atoms with E-state index in [4.69, 9.17) is 0 Å². The van der Waals surface area contributed by atoms with E-state index < -0.39 is 0 Å². The van der Waals surface area contributed by atoms with Crippen molar-refractivity contribution in [1.82, 2.24) is 4.90 Å². The molecule has 1 aromatic rings. The number of aryl methyl sites for hydroxylation is 2. The third kappa shape index (κ3) is 2.93. The summed E-state index contributed by atoms with van der Waals surface area (Å²) in [6.45, 7) is 6.89. The number of rotatable bonds is 3. The molecule has 1 N–H and O–H groups in total. The van der Waals surface area contributed by atoms with Crippen LogP contribution in [0.5, 0.6) is 0 Å². The average Bonchev–Trinajstić information content (AvgIpc) is 2.37. The van der Waals surface area contributed by atoms with Crippen molar-refractivity contribution in [2.24, 2.45) is 5.92 Å². The van der Waals surface area contributed by atoms with Crippen molar-refractivity contribution in [2.45, 2.75) is 32.6 Å². The highest BCUT2D eigenvalue weighted by molar-refractivity contribution is 5.32. The van der Waals surface area contributed by atoms with Gasteiger partial charge in [0.1, 0.15) is 0 Å². The first-order valence-corrected chi connectivity index (χ1v) is 6.98. The van der Waals surface area contributed by atoms with Gasteiger partial charge >= 0.3 is 0 Å². The van der Waals surface area contributed by atoms with Crippen LogP contribution >= 0.6 is 0 Å². The molecule has 0 radical (unpaired) electrons. The van der Waals surface area contributed by atoms with E-state index in [2.05, 4.69) is 44.0 Å². The molecule has 1 aliphatic rings. The first-order valence-electron chi connectivity index (χ1n) is 6.98. The molecule has 1 atom stereocenters. The third-order valence-corrected chi connectivity index (χ3v) is 4.49. The molecule has 1 unspecified atom stereocenters. The summed E-state index contributed by atoms with van der Waals surface area (Å²) in [5, 5.41) is 9.74.